The second kappa shape index (κ2) is 16.6. The fraction of sp³-hybridized carbons (Fsp3) is 0. The Morgan fingerprint density at radius 2 is 0.786 bits per heavy atom. The summed E-state index contributed by atoms with van der Waals surface area (Å²) in [5, 5.41) is 0. The second-order valence-electron chi connectivity index (χ2n) is 0.938. The van der Waals surface area contributed by atoms with Gasteiger partial charge in [-0.25, -0.2) is 0 Å². The molecule has 2 N–H and O–H groups in total. The Labute approximate surface area is 159 Å². The van der Waals surface area contributed by atoms with Gasteiger partial charge in [-0.15, -0.1) is 0 Å². The summed E-state index contributed by atoms with van der Waals surface area (Å²) in [5.41, 5.74) is 0. The number of hydrogen-bond donors (Lipinski definition) is 2. The van der Waals surface area contributed by atoms with Crippen LogP contribution in [0.4, 0.5) is 0 Å². The fourth-order valence-corrected chi connectivity index (χ4v) is 0. The van der Waals surface area contributed by atoms with E-state index in [1.807, 2.05) is 0 Å². The summed E-state index contributed by atoms with van der Waals surface area (Å²) in [6.07, 6.45) is 0. The first-order valence-electron chi connectivity index (χ1n) is 1.50. The normalized spacial score (nSPS) is 8.43. The van der Waals surface area contributed by atoms with Gasteiger partial charge in [0.2, 0.25) is 0 Å². The molecule has 0 aliphatic heterocycles. The Balaban J connectivity index is -0.0000000178. The van der Waals surface area contributed by atoms with E-state index in [-0.39, 0.29) is 108 Å². The fourth-order valence-electron chi connectivity index (χ4n) is 0. The van der Waals surface area contributed by atoms with Crippen LogP contribution in [0.1, 0.15) is 0 Å². The van der Waals surface area contributed by atoms with Crippen molar-refractivity contribution in [3.8, 4) is 0 Å². The molecule has 0 heterocycles. The molecule has 0 fully saturated rings. The molecule has 0 bridgehead atoms. The van der Waals surface area contributed by atoms with Crippen molar-refractivity contribution in [2.24, 2.45) is 0 Å². The van der Waals surface area contributed by atoms with Crippen molar-refractivity contribution in [1.82, 2.24) is 0 Å². The van der Waals surface area contributed by atoms with E-state index in [1.54, 1.807) is 0 Å². The minimum absolute atomic E-state index is 0. The average Bonchev–Trinajstić information content (AvgIpc) is 1.12. The van der Waals surface area contributed by atoms with E-state index in [4.69, 9.17) is 38.5 Å². The summed E-state index contributed by atoms with van der Waals surface area (Å²) in [6, 6.07) is 0. The Morgan fingerprint density at radius 1 is 0.786 bits per heavy atom. The molecule has 0 rings (SSSR count). The van der Waals surface area contributed by atoms with Gasteiger partial charge >= 0.3 is 108 Å². The zero-order chi connectivity index (χ0) is 9.00. The van der Waals surface area contributed by atoms with Gasteiger partial charge in [-0.2, -0.15) is 7.82 Å². The maximum Gasteiger partial charge on any atom is 1.00 e. The summed E-state index contributed by atoms with van der Waals surface area (Å²) in [4.78, 5) is 48.6. The van der Waals surface area contributed by atoms with Crippen molar-refractivity contribution in [1.29, 1.82) is 0 Å². The third-order valence-corrected chi connectivity index (χ3v) is 0. The van der Waals surface area contributed by atoms with Gasteiger partial charge in [0.05, 0.1) is 0 Å². The van der Waals surface area contributed by atoms with E-state index < -0.39 is 15.6 Å². The molecule has 8 nitrogen and oxygen atoms in total. The van der Waals surface area contributed by atoms with Gasteiger partial charge in [0, 0.05) is 0 Å². The number of phosphoric acid groups is 2. The molecule has 14 heteroatoms. The van der Waals surface area contributed by atoms with Gasteiger partial charge in [0.25, 0.3) is 7.82 Å². The van der Waals surface area contributed by atoms with Crippen LogP contribution in [-0.2, 0) is 9.13 Å². The molecule has 0 aromatic rings. The monoisotopic (exact) mass is 252 g/mol. The van der Waals surface area contributed by atoms with E-state index in [0.717, 1.165) is 0 Å². The molecule has 0 saturated heterocycles. The standard InChI is InChI=1S/K.3Li.2H3O4P/c;;;;2*1-5(2,3)4/h;;;;2*(H3,1,2,3,4)/q4*+1;;/p-4. The van der Waals surface area contributed by atoms with Crippen LogP contribution in [0, 0.1) is 0 Å². The van der Waals surface area contributed by atoms with E-state index in [9.17, 15) is 0 Å². The molecular formula is H2KLi3O8P2. The molecule has 0 saturated carbocycles. The second-order valence-corrected chi connectivity index (χ2v) is 2.81. The van der Waals surface area contributed by atoms with E-state index in [1.165, 1.54) is 0 Å². The number of hydrogen-bond acceptors (Lipinski definition) is 6. The molecule has 0 spiro atoms. The third kappa shape index (κ3) is 252. The van der Waals surface area contributed by atoms with Gasteiger partial charge < -0.3 is 33.9 Å². The van der Waals surface area contributed by atoms with E-state index in [0.29, 0.717) is 0 Å². The minimum Gasteiger partial charge on any atom is -0.822 e. The average molecular weight is 252 g/mol. The molecule has 64 valence electrons. The van der Waals surface area contributed by atoms with Crippen molar-refractivity contribution in [3.05, 3.63) is 0 Å². The molecule has 0 atom stereocenters. The van der Waals surface area contributed by atoms with Crippen molar-refractivity contribution in [3.63, 3.8) is 0 Å². The Morgan fingerprint density at radius 3 is 0.786 bits per heavy atom. The van der Waals surface area contributed by atoms with Crippen LogP contribution >= 0.6 is 15.6 Å². The van der Waals surface area contributed by atoms with Gasteiger partial charge in [-0.3, -0.25) is 4.57 Å². The topological polar surface area (TPSA) is 167 Å². The summed E-state index contributed by atoms with van der Waals surface area (Å²) < 4.78 is 17.3. The summed E-state index contributed by atoms with van der Waals surface area (Å²) >= 11 is 0. The first-order valence-corrected chi connectivity index (χ1v) is 4.49. The minimum atomic E-state index is -5.39. The Kier molecular flexibility index (Phi) is 42.9. The van der Waals surface area contributed by atoms with E-state index in [2.05, 4.69) is 0 Å². The predicted molar refractivity (Wildman–Crippen MR) is 19.7 cm³/mol. The van der Waals surface area contributed by atoms with Crippen LogP contribution < -0.4 is 128 Å². The molecule has 14 heavy (non-hydrogen) atoms. The van der Waals surface area contributed by atoms with Crippen LogP contribution in [-0.4, -0.2) is 9.79 Å². The van der Waals surface area contributed by atoms with Crippen molar-refractivity contribution >= 4 is 15.6 Å². The van der Waals surface area contributed by atoms with Gasteiger partial charge in [-0.1, -0.05) is 0 Å². The van der Waals surface area contributed by atoms with Crippen molar-refractivity contribution in [2.45, 2.75) is 0 Å². The first kappa shape index (κ1) is 36.1. The van der Waals surface area contributed by atoms with Crippen LogP contribution in [0.25, 0.3) is 0 Å². The molecule has 0 unspecified atom stereocenters. The molecular weight excluding hydrogens is 250 g/mol. The molecule has 0 aliphatic carbocycles. The molecule has 0 radical (unpaired) electrons. The zero-order valence-corrected chi connectivity index (χ0v) is 13.2. The molecule has 0 amide bonds. The molecule has 0 aromatic carbocycles. The van der Waals surface area contributed by atoms with Crippen LogP contribution in [0.15, 0.2) is 0 Å². The van der Waals surface area contributed by atoms with Crippen molar-refractivity contribution < 1.29 is 146 Å². The van der Waals surface area contributed by atoms with Crippen molar-refractivity contribution in [2.75, 3.05) is 0 Å². The third-order valence-electron chi connectivity index (χ3n) is 0. The maximum absolute atomic E-state index is 8.77. The largest absolute Gasteiger partial charge is 1.00 e. The maximum atomic E-state index is 8.77. The first-order chi connectivity index (χ1) is 4.00. The predicted octanol–water partition coefficient (Wildman–Crippen LogP) is -16.4. The Hall–Kier alpha value is 3.65. The zero-order valence-electron chi connectivity index (χ0n) is 8.24. The van der Waals surface area contributed by atoms with E-state index >= 15 is 0 Å². The smallest absolute Gasteiger partial charge is 0.822 e. The van der Waals surface area contributed by atoms with Crippen LogP contribution in [0.3, 0.4) is 0 Å². The van der Waals surface area contributed by atoms with Crippen LogP contribution in [0.5, 0.6) is 0 Å². The van der Waals surface area contributed by atoms with Gasteiger partial charge in [0.1, 0.15) is 0 Å². The van der Waals surface area contributed by atoms with Gasteiger partial charge in [-0.05, 0) is 0 Å². The Bertz CT molecular complexity index is 135. The quantitative estimate of drug-likeness (QED) is 0.316. The van der Waals surface area contributed by atoms with Crippen LogP contribution in [0.2, 0.25) is 0 Å². The molecule has 0 aliphatic rings. The summed E-state index contributed by atoms with van der Waals surface area (Å²) in [6.45, 7) is 0. The molecule has 0 aromatic heterocycles. The summed E-state index contributed by atoms with van der Waals surface area (Å²) in [5.74, 6) is 0. The summed E-state index contributed by atoms with van der Waals surface area (Å²) in [7, 11) is -10.3. The number of rotatable bonds is 0. The van der Waals surface area contributed by atoms with Gasteiger partial charge in [0.15, 0.2) is 0 Å². The SMILES string of the molecule is O=P([O-])(O)O.O=P([O-])([O-])[O-].[K+].[Li+].[Li+].[Li+].